The lowest BCUT2D eigenvalue weighted by molar-refractivity contribution is -0.138. The van der Waals surface area contributed by atoms with Crippen molar-refractivity contribution < 1.29 is 9.59 Å². The SMILES string of the molecule is Cc1cccc(C2CC(C(=O)Nc3cccc(Cl)c3)CN(C(=O)C3CCCC3)C2)c1. The van der Waals surface area contributed by atoms with Crippen molar-refractivity contribution >= 4 is 29.1 Å². The molecule has 2 fully saturated rings. The number of nitrogens with zero attached hydrogens (tertiary/aromatic N) is 1. The number of hydrogen-bond acceptors (Lipinski definition) is 2. The van der Waals surface area contributed by atoms with E-state index in [1.807, 2.05) is 17.0 Å². The predicted molar refractivity (Wildman–Crippen MR) is 121 cm³/mol. The summed E-state index contributed by atoms with van der Waals surface area (Å²) in [5.74, 6) is 0.231. The molecule has 1 aliphatic carbocycles. The van der Waals surface area contributed by atoms with Gasteiger partial charge in [0.1, 0.15) is 0 Å². The summed E-state index contributed by atoms with van der Waals surface area (Å²) in [5, 5.41) is 3.59. The fraction of sp³-hybridized carbons (Fsp3) is 0.440. The van der Waals surface area contributed by atoms with Crippen LogP contribution in [0.25, 0.3) is 0 Å². The van der Waals surface area contributed by atoms with Gasteiger partial charge in [-0.05, 0) is 49.9 Å². The van der Waals surface area contributed by atoms with Crippen LogP contribution in [-0.2, 0) is 9.59 Å². The Kier molecular flexibility index (Phi) is 6.43. The van der Waals surface area contributed by atoms with Gasteiger partial charge in [-0.2, -0.15) is 0 Å². The topological polar surface area (TPSA) is 49.4 Å². The number of aryl methyl sites for hydroxylation is 1. The Hall–Kier alpha value is -2.33. The molecule has 1 aliphatic heterocycles. The van der Waals surface area contributed by atoms with Gasteiger partial charge in [-0.3, -0.25) is 9.59 Å². The Morgan fingerprint density at radius 2 is 1.77 bits per heavy atom. The lowest BCUT2D eigenvalue weighted by Gasteiger charge is -2.38. The van der Waals surface area contributed by atoms with Crippen molar-refractivity contribution in [1.29, 1.82) is 0 Å². The lowest BCUT2D eigenvalue weighted by Crippen LogP contribution is -2.48. The van der Waals surface area contributed by atoms with E-state index in [9.17, 15) is 9.59 Å². The number of likely N-dealkylation sites (tertiary alicyclic amines) is 1. The second-order valence-corrected chi connectivity index (χ2v) is 9.20. The number of piperidine rings is 1. The van der Waals surface area contributed by atoms with Crippen LogP contribution in [0.2, 0.25) is 5.02 Å². The average Bonchev–Trinajstić information content (AvgIpc) is 3.28. The van der Waals surface area contributed by atoms with E-state index in [4.69, 9.17) is 11.6 Å². The van der Waals surface area contributed by atoms with E-state index in [1.54, 1.807) is 12.1 Å². The van der Waals surface area contributed by atoms with Gasteiger partial charge < -0.3 is 10.2 Å². The van der Waals surface area contributed by atoms with Crippen LogP contribution in [0.1, 0.15) is 49.1 Å². The van der Waals surface area contributed by atoms with E-state index >= 15 is 0 Å². The maximum absolute atomic E-state index is 13.2. The molecule has 1 heterocycles. The zero-order valence-electron chi connectivity index (χ0n) is 17.4. The molecule has 0 spiro atoms. The minimum absolute atomic E-state index is 0.0427. The van der Waals surface area contributed by atoms with Crippen molar-refractivity contribution in [2.45, 2.75) is 44.9 Å². The van der Waals surface area contributed by atoms with E-state index in [0.717, 1.165) is 32.1 Å². The maximum atomic E-state index is 13.2. The first-order valence-corrected chi connectivity index (χ1v) is 11.3. The van der Waals surface area contributed by atoms with Crippen LogP contribution in [0.4, 0.5) is 5.69 Å². The molecule has 2 aromatic rings. The molecule has 4 nitrogen and oxygen atoms in total. The standard InChI is InChI=1S/C25H29ClN2O2/c1-17-6-4-9-19(12-17)20-13-21(24(29)27-23-11-5-10-22(26)14-23)16-28(15-20)25(30)18-7-2-3-8-18/h4-6,9-12,14,18,20-21H,2-3,7-8,13,15-16H2,1H3,(H,27,29). The van der Waals surface area contributed by atoms with E-state index in [-0.39, 0.29) is 29.6 Å². The summed E-state index contributed by atoms with van der Waals surface area (Å²) in [6, 6.07) is 15.6. The third-order valence-corrected chi connectivity index (χ3v) is 6.68. The molecule has 4 rings (SSSR count). The summed E-state index contributed by atoms with van der Waals surface area (Å²) in [7, 11) is 0. The monoisotopic (exact) mass is 424 g/mol. The van der Waals surface area contributed by atoms with Gasteiger partial charge in [0.2, 0.25) is 11.8 Å². The van der Waals surface area contributed by atoms with Crippen molar-refractivity contribution in [3.05, 3.63) is 64.7 Å². The summed E-state index contributed by atoms with van der Waals surface area (Å²) in [5.41, 5.74) is 3.10. The van der Waals surface area contributed by atoms with Gasteiger partial charge >= 0.3 is 0 Å². The smallest absolute Gasteiger partial charge is 0.229 e. The van der Waals surface area contributed by atoms with Crippen molar-refractivity contribution in [1.82, 2.24) is 4.90 Å². The summed E-state index contributed by atoms with van der Waals surface area (Å²) in [4.78, 5) is 28.3. The second kappa shape index (κ2) is 9.22. The molecule has 1 N–H and O–H groups in total. The number of rotatable bonds is 4. The molecule has 2 aliphatic rings. The Morgan fingerprint density at radius 3 is 2.50 bits per heavy atom. The highest BCUT2D eigenvalue weighted by Gasteiger charge is 2.37. The van der Waals surface area contributed by atoms with Gasteiger partial charge in [0, 0.05) is 35.6 Å². The van der Waals surface area contributed by atoms with Crippen LogP contribution < -0.4 is 5.32 Å². The van der Waals surface area contributed by atoms with E-state index in [0.29, 0.717) is 23.8 Å². The van der Waals surface area contributed by atoms with E-state index in [2.05, 4.69) is 36.5 Å². The number of amides is 2. The molecular weight excluding hydrogens is 396 g/mol. The number of anilines is 1. The van der Waals surface area contributed by atoms with Crippen LogP contribution in [0.5, 0.6) is 0 Å². The number of carbonyl (C=O) groups excluding carboxylic acids is 2. The second-order valence-electron chi connectivity index (χ2n) is 8.77. The zero-order valence-corrected chi connectivity index (χ0v) is 18.2. The number of hydrogen-bond donors (Lipinski definition) is 1. The molecule has 0 radical (unpaired) electrons. The Labute approximate surface area is 183 Å². The van der Waals surface area contributed by atoms with Crippen molar-refractivity contribution in [2.75, 3.05) is 18.4 Å². The maximum Gasteiger partial charge on any atom is 0.229 e. The fourth-order valence-corrected chi connectivity index (χ4v) is 5.07. The Morgan fingerprint density at radius 1 is 1.00 bits per heavy atom. The molecule has 1 saturated carbocycles. The zero-order chi connectivity index (χ0) is 21.1. The van der Waals surface area contributed by atoms with Gasteiger partial charge in [0.25, 0.3) is 0 Å². The number of halogens is 1. The highest BCUT2D eigenvalue weighted by molar-refractivity contribution is 6.30. The highest BCUT2D eigenvalue weighted by Crippen LogP contribution is 2.34. The fourth-order valence-electron chi connectivity index (χ4n) is 4.88. The van der Waals surface area contributed by atoms with Crippen LogP contribution in [0, 0.1) is 18.8 Å². The molecule has 2 aromatic carbocycles. The molecule has 30 heavy (non-hydrogen) atoms. The Balaban J connectivity index is 1.55. The molecule has 2 amide bonds. The first-order valence-electron chi connectivity index (χ1n) is 10.9. The quantitative estimate of drug-likeness (QED) is 0.713. The van der Waals surface area contributed by atoms with Gasteiger partial charge in [-0.1, -0.05) is 60.3 Å². The van der Waals surface area contributed by atoms with Gasteiger partial charge in [0.15, 0.2) is 0 Å². The minimum Gasteiger partial charge on any atom is -0.341 e. The predicted octanol–water partition coefficient (Wildman–Crippen LogP) is 5.41. The van der Waals surface area contributed by atoms with Crippen molar-refractivity contribution in [2.24, 2.45) is 11.8 Å². The van der Waals surface area contributed by atoms with Crippen LogP contribution in [-0.4, -0.2) is 29.8 Å². The Bertz CT molecular complexity index is 923. The minimum atomic E-state index is -0.242. The molecule has 0 aromatic heterocycles. The summed E-state index contributed by atoms with van der Waals surface area (Å²) < 4.78 is 0. The number of nitrogens with one attached hydrogen (secondary N) is 1. The first-order chi connectivity index (χ1) is 14.5. The first kappa shape index (κ1) is 20.9. The van der Waals surface area contributed by atoms with E-state index in [1.165, 1.54) is 11.1 Å². The molecule has 158 valence electrons. The molecule has 2 atom stereocenters. The van der Waals surface area contributed by atoms with Gasteiger partial charge in [-0.25, -0.2) is 0 Å². The van der Waals surface area contributed by atoms with Crippen molar-refractivity contribution in [3.8, 4) is 0 Å². The van der Waals surface area contributed by atoms with E-state index < -0.39 is 0 Å². The summed E-state index contributed by atoms with van der Waals surface area (Å²) >= 11 is 6.07. The third-order valence-electron chi connectivity index (χ3n) is 6.44. The largest absolute Gasteiger partial charge is 0.341 e. The molecule has 2 unspecified atom stereocenters. The molecule has 0 bridgehead atoms. The van der Waals surface area contributed by atoms with Crippen LogP contribution >= 0.6 is 11.6 Å². The molecule has 1 saturated heterocycles. The molecular formula is C25H29ClN2O2. The van der Waals surface area contributed by atoms with Crippen LogP contribution in [0.15, 0.2) is 48.5 Å². The third kappa shape index (κ3) is 4.86. The molecule has 5 heteroatoms. The van der Waals surface area contributed by atoms with Gasteiger partial charge in [0.05, 0.1) is 5.92 Å². The highest BCUT2D eigenvalue weighted by atomic mass is 35.5. The van der Waals surface area contributed by atoms with Crippen LogP contribution in [0.3, 0.4) is 0 Å². The van der Waals surface area contributed by atoms with Crippen molar-refractivity contribution in [3.63, 3.8) is 0 Å². The summed E-state index contributed by atoms with van der Waals surface area (Å²) in [6.45, 7) is 3.26. The number of carbonyl (C=O) groups is 2. The summed E-state index contributed by atoms with van der Waals surface area (Å²) in [6.07, 6.45) is 4.95. The lowest BCUT2D eigenvalue weighted by atomic mass is 9.83. The van der Waals surface area contributed by atoms with Gasteiger partial charge in [-0.15, -0.1) is 0 Å². The average molecular weight is 425 g/mol. The normalized spacial score (nSPS) is 22.1. The number of benzene rings is 2.